The number of aromatic nitrogens is 4. The number of carbonyl (C=O) groups is 1. The average molecular weight is 449 g/mol. The number of H-pyrrole nitrogens is 1. The Bertz CT molecular complexity index is 1030. The largest absolute Gasteiger partial charge is 0.507 e. The summed E-state index contributed by atoms with van der Waals surface area (Å²) in [5.41, 5.74) is 0.670. The molecule has 11 heteroatoms. The first kappa shape index (κ1) is 20.2. The fraction of sp³-hybridized carbons (Fsp3) is 0.263. The molecule has 1 fully saturated rings. The Morgan fingerprint density at radius 3 is 2.57 bits per heavy atom. The van der Waals surface area contributed by atoms with Crippen molar-refractivity contribution in [2.24, 2.45) is 0 Å². The number of tetrazole rings is 1. The zero-order valence-electron chi connectivity index (χ0n) is 15.7. The van der Waals surface area contributed by atoms with Crippen LogP contribution in [0.5, 0.6) is 17.2 Å². The van der Waals surface area contributed by atoms with Crippen LogP contribution >= 0.6 is 23.2 Å². The van der Waals surface area contributed by atoms with Crippen LogP contribution in [0.4, 0.5) is 11.6 Å². The number of anilines is 2. The van der Waals surface area contributed by atoms with Gasteiger partial charge < -0.3 is 20.5 Å². The zero-order chi connectivity index (χ0) is 21.1. The van der Waals surface area contributed by atoms with Crippen molar-refractivity contribution in [1.82, 2.24) is 25.9 Å². The van der Waals surface area contributed by atoms with Crippen molar-refractivity contribution < 1.29 is 14.6 Å². The molecule has 1 aliphatic carbocycles. The minimum atomic E-state index is -0.346. The molecule has 0 aliphatic heterocycles. The lowest BCUT2D eigenvalue weighted by molar-refractivity contribution is 0.0935. The molecule has 4 N–H and O–H groups in total. The highest BCUT2D eigenvalue weighted by Crippen LogP contribution is 2.40. The molecule has 4 rings (SSSR count). The van der Waals surface area contributed by atoms with Crippen LogP contribution < -0.4 is 15.4 Å². The maximum Gasteiger partial charge on any atom is 0.267 e. The number of nitrogens with one attached hydrogen (secondary N) is 3. The van der Waals surface area contributed by atoms with Gasteiger partial charge in [-0.3, -0.25) is 4.79 Å². The van der Waals surface area contributed by atoms with Crippen molar-refractivity contribution in [2.75, 3.05) is 5.32 Å². The highest BCUT2D eigenvalue weighted by molar-refractivity contribution is 6.37. The molecular weight excluding hydrogens is 431 g/mol. The van der Waals surface area contributed by atoms with Crippen LogP contribution in [0.15, 0.2) is 30.3 Å². The van der Waals surface area contributed by atoms with Crippen molar-refractivity contribution in [3.05, 3.63) is 45.9 Å². The Labute approximate surface area is 181 Å². The highest BCUT2D eigenvalue weighted by Gasteiger charge is 2.21. The molecule has 1 aromatic heterocycles. The molecule has 1 saturated carbocycles. The van der Waals surface area contributed by atoms with Crippen molar-refractivity contribution in [1.29, 1.82) is 0 Å². The van der Waals surface area contributed by atoms with Gasteiger partial charge in [0.1, 0.15) is 11.5 Å². The zero-order valence-corrected chi connectivity index (χ0v) is 17.2. The van der Waals surface area contributed by atoms with Gasteiger partial charge in [0.05, 0.1) is 15.6 Å². The SMILES string of the molecule is O=C(NC1CCCC1)c1cc(Oc2c(Cl)cc(Nc3nn[nH]n3)cc2Cl)ccc1O. The minimum absolute atomic E-state index is 0.127. The lowest BCUT2D eigenvalue weighted by Crippen LogP contribution is -2.32. The number of hydrogen-bond donors (Lipinski definition) is 4. The number of aromatic hydroxyl groups is 1. The maximum absolute atomic E-state index is 12.5. The summed E-state index contributed by atoms with van der Waals surface area (Å²) in [6.07, 6.45) is 4.07. The van der Waals surface area contributed by atoms with Gasteiger partial charge in [0, 0.05) is 11.7 Å². The monoisotopic (exact) mass is 448 g/mol. The average Bonchev–Trinajstić information content (AvgIpc) is 3.40. The summed E-state index contributed by atoms with van der Waals surface area (Å²) >= 11 is 12.7. The Morgan fingerprint density at radius 2 is 1.90 bits per heavy atom. The van der Waals surface area contributed by atoms with Gasteiger partial charge in [0.25, 0.3) is 11.9 Å². The molecule has 156 valence electrons. The molecule has 9 nitrogen and oxygen atoms in total. The number of amides is 1. The van der Waals surface area contributed by atoms with Crippen molar-refractivity contribution >= 4 is 40.7 Å². The van der Waals surface area contributed by atoms with Gasteiger partial charge >= 0.3 is 0 Å². The number of ether oxygens (including phenoxy) is 1. The summed E-state index contributed by atoms with van der Waals surface area (Å²) in [7, 11) is 0. The molecule has 1 heterocycles. The molecule has 1 aliphatic rings. The molecule has 0 bridgehead atoms. The van der Waals surface area contributed by atoms with Crippen LogP contribution in [-0.2, 0) is 0 Å². The third kappa shape index (κ3) is 4.58. The summed E-state index contributed by atoms with van der Waals surface area (Å²) in [5.74, 6) is 0.306. The lowest BCUT2D eigenvalue weighted by atomic mass is 10.1. The Hall–Kier alpha value is -3.04. The van der Waals surface area contributed by atoms with E-state index in [1.165, 1.54) is 18.2 Å². The topological polar surface area (TPSA) is 125 Å². The standard InChI is InChI=1S/C19H18Cl2N6O3/c20-14-7-11(23-19-24-26-27-25-19)8-15(21)17(14)30-12-5-6-16(28)13(9-12)18(29)22-10-3-1-2-4-10/h5-10,28H,1-4H2,(H,22,29)(H2,23,24,25,26,27). The second kappa shape index (κ2) is 8.76. The molecular formula is C19H18Cl2N6O3. The molecule has 0 unspecified atom stereocenters. The van der Waals surface area contributed by atoms with Crippen LogP contribution in [0.3, 0.4) is 0 Å². The summed E-state index contributed by atoms with van der Waals surface area (Å²) in [6.45, 7) is 0. The first-order valence-corrected chi connectivity index (χ1v) is 10.1. The number of aromatic amines is 1. The lowest BCUT2D eigenvalue weighted by Gasteiger charge is -2.15. The quantitative estimate of drug-likeness (QED) is 0.439. The molecule has 30 heavy (non-hydrogen) atoms. The van der Waals surface area contributed by atoms with E-state index in [1.54, 1.807) is 12.1 Å². The van der Waals surface area contributed by atoms with Crippen molar-refractivity contribution in [2.45, 2.75) is 31.7 Å². The number of phenolic OH excluding ortho intramolecular Hbond substituents is 1. The fourth-order valence-electron chi connectivity index (χ4n) is 3.29. The molecule has 3 aromatic rings. The third-order valence-corrected chi connectivity index (χ3v) is 5.28. The molecule has 0 atom stereocenters. The molecule has 0 spiro atoms. The van der Waals surface area contributed by atoms with E-state index < -0.39 is 0 Å². The van der Waals surface area contributed by atoms with Crippen LogP contribution in [0.25, 0.3) is 0 Å². The van der Waals surface area contributed by atoms with Gasteiger partial charge in [-0.2, -0.15) is 5.21 Å². The predicted molar refractivity (Wildman–Crippen MR) is 112 cm³/mol. The van der Waals surface area contributed by atoms with E-state index in [0.717, 1.165) is 25.7 Å². The smallest absolute Gasteiger partial charge is 0.267 e. The van der Waals surface area contributed by atoms with Gasteiger partial charge in [-0.1, -0.05) is 41.1 Å². The van der Waals surface area contributed by atoms with E-state index in [-0.39, 0.29) is 45.0 Å². The molecule has 2 aromatic carbocycles. The van der Waals surface area contributed by atoms with E-state index in [9.17, 15) is 9.90 Å². The summed E-state index contributed by atoms with van der Waals surface area (Å²) in [5, 5.41) is 29.8. The summed E-state index contributed by atoms with van der Waals surface area (Å²) in [6, 6.07) is 7.69. The number of hydrogen-bond acceptors (Lipinski definition) is 7. The predicted octanol–water partition coefficient (Wildman–Crippen LogP) is 4.42. The summed E-state index contributed by atoms with van der Waals surface area (Å²) < 4.78 is 5.81. The number of benzene rings is 2. The van der Waals surface area contributed by atoms with Gasteiger partial charge in [0.15, 0.2) is 5.75 Å². The first-order valence-electron chi connectivity index (χ1n) is 9.31. The number of halogens is 2. The van der Waals surface area contributed by atoms with Crippen molar-refractivity contribution in [3.8, 4) is 17.2 Å². The second-order valence-electron chi connectivity index (χ2n) is 6.87. The van der Waals surface area contributed by atoms with Crippen LogP contribution in [0.2, 0.25) is 10.0 Å². The van der Waals surface area contributed by atoms with E-state index in [2.05, 4.69) is 31.3 Å². The fourth-order valence-corrected chi connectivity index (χ4v) is 3.85. The third-order valence-electron chi connectivity index (χ3n) is 4.72. The Kier molecular flexibility index (Phi) is 5.91. The van der Waals surface area contributed by atoms with E-state index >= 15 is 0 Å². The van der Waals surface area contributed by atoms with Crippen LogP contribution in [0.1, 0.15) is 36.0 Å². The van der Waals surface area contributed by atoms with Gasteiger partial charge in [0.2, 0.25) is 0 Å². The second-order valence-corrected chi connectivity index (χ2v) is 7.68. The van der Waals surface area contributed by atoms with Crippen LogP contribution in [0, 0.1) is 0 Å². The number of phenols is 1. The van der Waals surface area contributed by atoms with E-state index in [4.69, 9.17) is 27.9 Å². The number of rotatable bonds is 6. The van der Waals surface area contributed by atoms with Gasteiger partial charge in [-0.05, 0) is 48.4 Å². The Balaban J connectivity index is 1.53. The maximum atomic E-state index is 12.5. The Morgan fingerprint density at radius 1 is 1.17 bits per heavy atom. The van der Waals surface area contributed by atoms with E-state index in [0.29, 0.717) is 11.4 Å². The van der Waals surface area contributed by atoms with Gasteiger partial charge in [-0.25, -0.2) is 0 Å². The minimum Gasteiger partial charge on any atom is -0.507 e. The molecule has 1 amide bonds. The normalized spacial score (nSPS) is 13.9. The van der Waals surface area contributed by atoms with Gasteiger partial charge in [-0.15, -0.1) is 5.10 Å². The highest BCUT2D eigenvalue weighted by atomic mass is 35.5. The number of nitrogens with zero attached hydrogens (tertiary/aromatic N) is 3. The van der Waals surface area contributed by atoms with Crippen molar-refractivity contribution in [3.63, 3.8) is 0 Å². The molecule has 0 saturated heterocycles. The van der Waals surface area contributed by atoms with E-state index in [1.807, 2.05) is 0 Å². The first-order chi connectivity index (χ1) is 14.5. The number of carbonyl (C=O) groups excluding carboxylic acids is 1. The van der Waals surface area contributed by atoms with Crippen LogP contribution in [-0.4, -0.2) is 37.7 Å². The summed E-state index contributed by atoms with van der Waals surface area (Å²) in [4.78, 5) is 12.5. The molecule has 0 radical (unpaired) electrons.